The minimum absolute atomic E-state index is 0.170. The van der Waals surface area contributed by atoms with E-state index in [1.807, 2.05) is 0 Å². The van der Waals surface area contributed by atoms with E-state index in [9.17, 15) is 22.4 Å². The SMILES string of the molecule is CN(Cc1cc(Br)ccc1F)C(=O)c1cn(C)nc1C(F)(F)F. The number of hydrogen-bond donors (Lipinski definition) is 0. The van der Waals surface area contributed by atoms with Gasteiger partial charge >= 0.3 is 6.18 Å². The number of hydrogen-bond acceptors (Lipinski definition) is 2. The van der Waals surface area contributed by atoms with Crippen LogP contribution in [0.3, 0.4) is 0 Å². The van der Waals surface area contributed by atoms with Crippen LogP contribution in [0.1, 0.15) is 21.6 Å². The van der Waals surface area contributed by atoms with Gasteiger partial charge in [-0.3, -0.25) is 9.48 Å². The predicted molar refractivity (Wildman–Crippen MR) is 78.1 cm³/mol. The summed E-state index contributed by atoms with van der Waals surface area (Å²) >= 11 is 3.18. The molecular weight excluding hydrogens is 382 g/mol. The van der Waals surface area contributed by atoms with Gasteiger partial charge in [-0.15, -0.1) is 0 Å². The highest BCUT2D eigenvalue weighted by atomic mass is 79.9. The molecule has 1 aromatic heterocycles. The molecule has 2 rings (SSSR count). The summed E-state index contributed by atoms with van der Waals surface area (Å²) in [6.07, 6.45) is -3.74. The van der Waals surface area contributed by atoms with Gasteiger partial charge in [0, 0.05) is 36.9 Å². The topological polar surface area (TPSA) is 38.1 Å². The smallest absolute Gasteiger partial charge is 0.337 e. The maximum absolute atomic E-state index is 13.7. The van der Waals surface area contributed by atoms with Crippen molar-refractivity contribution < 1.29 is 22.4 Å². The molecule has 23 heavy (non-hydrogen) atoms. The molecule has 0 aliphatic rings. The average Bonchev–Trinajstić information content (AvgIpc) is 2.84. The summed E-state index contributed by atoms with van der Waals surface area (Å²) in [7, 11) is 2.59. The van der Waals surface area contributed by atoms with E-state index in [4.69, 9.17) is 0 Å². The third kappa shape index (κ3) is 3.90. The fourth-order valence-corrected chi connectivity index (χ4v) is 2.46. The van der Waals surface area contributed by atoms with Crippen LogP contribution in [-0.2, 0) is 19.8 Å². The van der Waals surface area contributed by atoms with E-state index >= 15 is 0 Å². The molecule has 4 nitrogen and oxygen atoms in total. The molecule has 1 heterocycles. The van der Waals surface area contributed by atoms with Gasteiger partial charge in [-0.2, -0.15) is 18.3 Å². The zero-order valence-electron chi connectivity index (χ0n) is 12.2. The predicted octanol–water partition coefficient (Wildman–Crippen LogP) is 3.61. The van der Waals surface area contributed by atoms with Gasteiger partial charge < -0.3 is 4.90 Å². The Kier molecular flexibility index (Phi) is 4.79. The van der Waals surface area contributed by atoms with Crippen molar-refractivity contribution in [2.24, 2.45) is 7.05 Å². The number of alkyl halides is 3. The zero-order chi connectivity index (χ0) is 17.4. The fourth-order valence-electron chi connectivity index (χ4n) is 2.05. The summed E-state index contributed by atoms with van der Waals surface area (Å²) in [5, 5.41) is 3.29. The van der Waals surface area contributed by atoms with Crippen molar-refractivity contribution in [3.05, 3.63) is 51.5 Å². The number of benzene rings is 1. The molecule has 0 aliphatic carbocycles. The second-order valence-electron chi connectivity index (χ2n) is 4.96. The summed E-state index contributed by atoms with van der Waals surface area (Å²) in [5.74, 6) is -1.43. The lowest BCUT2D eigenvalue weighted by atomic mass is 10.1. The first-order valence-electron chi connectivity index (χ1n) is 6.40. The number of carbonyl (C=O) groups is 1. The Morgan fingerprint density at radius 3 is 2.65 bits per heavy atom. The van der Waals surface area contributed by atoms with Gasteiger partial charge in [0.1, 0.15) is 5.82 Å². The number of aromatic nitrogens is 2. The standard InChI is InChI=1S/C14H12BrF4N3O/c1-21(6-8-5-9(15)3-4-11(8)16)13(23)10-7-22(2)20-12(10)14(17,18)19/h3-5,7H,6H2,1-2H3. The van der Waals surface area contributed by atoms with Gasteiger partial charge in [0.05, 0.1) is 5.56 Å². The molecule has 0 saturated carbocycles. The monoisotopic (exact) mass is 393 g/mol. The normalized spacial score (nSPS) is 11.6. The Balaban J connectivity index is 2.29. The first-order valence-corrected chi connectivity index (χ1v) is 7.19. The van der Waals surface area contributed by atoms with E-state index in [2.05, 4.69) is 21.0 Å². The Labute approximate surface area is 137 Å². The molecule has 0 fully saturated rings. The van der Waals surface area contributed by atoms with Gasteiger partial charge in [0.2, 0.25) is 0 Å². The number of amides is 1. The van der Waals surface area contributed by atoms with Gasteiger partial charge in [-0.05, 0) is 18.2 Å². The fraction of sp³-hybridized carbons (Fsp3) is 0.286. The van der Waals surface area contributed by atoms with Crippen LogP contribution in [0.5, 0.6) is 0 Å². The van der Waals surface area contributed by atoms with Gasteiger partial charge in [-0.1, -0.05) is 15.9 Å². The highest BCUT2D eigenvalue weighted by Gasteiger charge is 2.39. The largest absolute Gasteiger partial charge is 0.435 e. The highest BCUT2D eigenvalue weighted by Crippen LogP contribution is 2.31. The molecule has 0 spiro atoms. The van der Waals surface area contributed by atoms with Crippen molar-refractivity contribution in [1.29, 1.82) is 0 Å². The van der Waals surface area contributed by atoms with Gasteiger partial charge in [0.25, 0.3) is 5.91 Å². The van der Waals surface area contributed by atoms with Crippen LogP contribution in [0.15, 0.2) is 28.9 Å². The number of rotatable bonds is 3. The molecule has 0 radical (unpaired) electrons. The Morgan fingerprint density at radius 1 is 1.39 bits per heavy atom. The van der Waals surface area contributed by atoms with Crippen molar-refractivity contribution in [2.75, 3.05) is 7.05 Å². The summed E-state index contributed by atoms with van der Waals surface area (Å²) in [6, 6.07) is 4.17. The van der Waals surface area contributed by atoms with E-state index < -0.39 is 29.2 Å². The van der Waals surface area contributed by atoms with Crippen LogP contribution >= 0.6 is 15.9 Å². The van der Waals surface area contributed by atoms with Gasteiger partial charge in [0.15, 0.2) is 5.69 Å². The van der Waals surface area contributed by atoms with Crippen LogP contribution in [0.4, 0.5) is 17.6 Å². The van der Waals surface area contributed by atoms with E-state index in [0.29, 0.717) is 4.47 Å². The Morgan fingerprint density at radius 2 is 2.04 bits per heavy atom. The van der Waals surface area contributed by atoms with E-state index in [1.165, 1.54) is 32.3 Å². The number of carbonyl (C=O) groups excluding carboxylic acids is 1. The molecule has 0 bridgehead atoms. The van der Waals surface area contributed by atoms with Crippen molar-refractivity contribution in [2.45, 2.75) is 12.7 Å². The maximum Gasteiger partial charge on any atom is 0.435 e. The third-order valence-electron chi connectivity index (χ3n) is 3.09. The number of aryl methyl sites for hydroxylation is 1. The van der Waals surface area contributed by atoms with Crippen molar-refractivity contribution in [3.63, 3.8) is 0 Å². The molecule has 2 aromatic rings. The van der Waals surface area contributed by atoms with Crippen LogP contribution < -0.4 is 0 Å². The lowest BCUT2D eigenvalue weighted by molar-refractivity contribution is -0.141. The lowest BCUT2D eigenvalue weighted by Gasteiger charge is -2.18. The van der Waals surface area contributed by atoms with Crippen molar-refractivity contribution in [3.8, 4) is 0 Å². The lowest BCUT2D eigenvalue weighted by Crippen LogP contribution is -2.28. The third-order valence-corrected chi connectivity index (χ3v) is 3.58. The summed E-state index contributed by atoms with van der Waals surface area (Å²) in [5.41, 5.74) is -1.64. The van der Waals surface area contributed by atoms with E-state index in [0.717, 1.165) is 15.8 Å². The minimum Gasteiger partial charge on any atom is -0.337 e. The second kappa shape index (κ2) is 6.31. The molecule has 1 aromatic carbocycles. The summed E-state index contributed by atoms with van der Waals surface area (Å²) in [4.78, 5) is 13.3. The van der Waals surface area contributed by atoms with E-state index in [-0.39, 0.29) is 12.1 Å². The molecule has 0 unspecified atom stereocenters. The molecule has 1 amide bonds. The van der Waals surface area contributed by atoms with Crippen LogP contribution in [-0.4, -0.2) is 27.6 Å². The highest BCUT2D eigenvalue weighted by molar-refractivity contribution is 9.10. The molecule has 0 atom stereocenters. The molecule has 0 saturated heterocycles. The number of nitrogens with zero attached hydrogens (tertiary/aromatic N) is 3. The van der Waals surface area contributed by atoms with Crippen LogP contribution in [0.25, 0.3) is 0 Å². The number of halogens is 5. The minimum atomic E-state index is -4.74. The summed E-state index contributed by atoms with van der Waals surface area (Å²) in [6.45, 7) is -0.170. The Hall–Kier alpha value is -1.90. The maximum atomic E-state index is 13.7. The van der Waals surface area contributed by atoms with Crippen LogP contribution in [0, 0.1) is 5.82 Å². The first kappa shape index (κ1) is 17.5. The van der Waals surface area contributed by atoms with Crippen LogP contribution in [0.2, 0.25) is 0 Å². The van der Waals surface area contributed by atoms with E-state index in [1.54, 1.807) is 0 Å². The van der Waals surface area contributed by atoms with Crippen molar-refractivity contribution >= 4 is 21.8 Å². The average molecular weight is 394 g/mol. The Bertz CT molecular complexity index is 742. The molecular formula is C14H12BrF4N3O. The second-order valence-corrected chi connectivity index (χ2v) is 5.88. The molecule has 0 aliphatic heterocycles. The van der Waals surface area contributed by atoms with Crippen molar-refractivity contribution in [1.82, 2.24) is 14.7 Å². The zero-order valence-corrected chi connectivity index (χ0v) is 13.7. The van der Waals surface area contributed by atoms with Gasteiger partial charge in [-0.25, -0.2) is 4.39 Å². The quantitative estimate of drug-likeness (QED) is 0.747. The molecule has 9 heteroatoms. The molecule has 124 valence electrons. The first-order chi connectivity index (χ1) is 10.6. The summed E-state index contributed by atoms with van der Waals surface area (Å²) < 4.78 is 54.0. The molecule has 0 N–H and O–H groups in total.